The van der Waals surface area contributed by atoms with Gasteiger partial charge in [0.2, 0.25) is 0 Å². The van der Waals surface area contributed by atoms with Gasteiger partial charge in [-0.2, -0.15) is 0 Å². The molecule has 0 unspecified atom stereocenters. The van der Waals surface area contributed by atoms with E-state index in [1.165, 1.54) is 17.0 Å². The van der Waals surface area contributed by atoms with Gasteiger partial charge in [0.1, 0.15) is 12.4 Å². The standard InChI is InChI=1S/C16H20N2O/c1-4-11-19-16-9-7-15(8-10-16)12-17-18-13(2)5-6-14(18)3/h4-10,17H,1,11-12H2,2-3H3. The molecule has 1 N–H and O–H groups in total. The van der Waals surface area contributed by atoms with Crippen LogP contribution in [0, 0.1) is 13.8 Å². The predicted octanol–water partition coefficient (Wildman–Crippen LogP) is 3.41. The molecule has 19 heavy (non-hydrogen) atoms. The fraction of sp³-hybridized carbons (Fsp3) is 0.250. The lowest BCUT2D eigenvalue weighted by molar-refractivity contribution is 0.363. The largest absolute Gasteiger partial charge is 0.490 e. The molecule has 3 nitrogen and oxygen atoms in total. The molecule has 0 fully saturated rings. The van der Waals surface area contributed by atoms with Crippen LogP contribution < -0.4 is 10.2 Å². The first-order valence-corrected chi connectivity index (χ1v) is 6.42. The van der Waals surface area contributed by atoms with Crippen LogP contribution in [-0.4, -0.2) is 11.3 Å². The van der Waals surface area contributed by atoms with Gasteiger partial charge in [-0.3, -0.25) is 4.68 Å². The summed E-state index contributed by atoms with van der Waals surface area (Å²) in [6, 6.07) is 12.3. The van der Waals surface area contributed by atoms with Gasteiger partial charge in [-0.15, -0.1) is 0 Å². The van der Waals surface area contributed by atoms with E-state index in [2.05, 4.69) is 54.8 Å². The molecular formula is C16H20N2O. The number of hydrogen-bond donors (Lipinski definition) is 1. The Labute approximate surface area is 114 Å². The molecule has 0 amide bonds. The van der Waals surface area contributed by atoms with Crippen LogP contribution >= 0.6 is 0 Å². The zero-order valence-electron chi connectivity index (χ0n) is 11.5. The molecule has 1 aromatic heterocycles. The van der Waals surface area contributed by atoms with Crippen molar-refractivity contribution >= 4 is 0 Å². The fourth-order valence-electron chi connectivity index (χ4n) is 1.95. The molecule has 1 aromatic carbocycles. The Morgan fingerprint density at radius 3 is 2.32 bits per heavy atom. The summed E-state index contributed by atoms with van der Waals surface area (Å²) in [5, 5.41) is 0. The van der Waals surface area contributed by atoms with E-state index in [1.807, 2.05) is 12.1 Å². The third-order valence-electron chi connectivity index (χ3n) is 3.00. The van der Waals surface area contributed by atoms with Crippen LogP contribution in [0.5, 0.6) is 5.75 Å². The fourth-order valence-corrected chi connectivity index (χ4v) is 1.95. The maximum atomic E-state index is 5.46. The molecule has 0 atom stereocenters. The first-order chi connectivity index (χ1) is 9.20. The Hall–Kier alpha value is -2.16. The van der Waals surface area contributed by atoms with Crippen LogP contribution in [0.2, 0.25) is 0 Å². The minimum absolute atomic E-state index is 0.541. The molecule has 3 heteroatoms. The average Bonchev–Trinajstić information content (AvgIpc) is 2.75. The van der Waals surface area contributed by atoms with E-state index < -0.39 is 0 Å². The van der Waals surface area contributed by atoms with Gasteiger partial charge >= 0.3 is 0 Å². The number of aromatic nitrogens is 1. The highest BCUT2D eigenvalue weighted by molar-refractivity contribution is 5.28. The predicted molar refractivity (Wildman–Crippen MR) is 79.1 cm³/mol. The van der Waals surface area contributed by atoms with Crippen molar-refractivity contribution in [1.82, 2.24) is 4.68 Å². The highest BCUT2D eigenvalue weighted by Crippen LogP contribution is 2.13. The molecule has 0 aliphatic heterocycles. The molecule has 2 aromatic rings. The quantitative estimate of drug-likeness (QED) is 0.802. The van der Waals surface area contributed by atoms with E-state index in [4.69, 9.17) is 4.74 Å². The number of nitrogens with zero attached hydrogens (tertiary/aromatic N) is 1. The lowest BCUT2D eigenvalue weighted by Gasteiger charge is -2.13. The van der Waals surface area contributed by atoms with Crippen LogP contribution in [0.25, 0.3) is 0 Å². The smallest absolute Gasteiger partial charge is 0.119 e. The first kappa shape index (κ1) is 13.3. The Morgan fingerprint density at radius 2 is 1.74 bits per heavy atom. The summed E-state index contributed by atoms with van der Waals surface area (Å²) in [4.78, 5) is 0. The summed E-state index contributed by atoms with van der Waals surface area (Å²) in [7, 11) is 0. The average molecular weight is 256 g/mol. The molecule has 0 saturated carbocycles. The van der Waals surface area contributed by atoms with Crippen molar-refractivity contribution in [2.24, 2.45) is 0 Å². The van der Waals surface area contributed by atoms with Gasteiger partial charge in [0.15, 0.2) is 0 Å². The SMILES string of the molecule is C=CCOc1ccc(CNn2c(C)ccc2C)cc1. The Balaban J connectivity index is 1.95. The van der Waals surface area contributed by atoms with E-state index >= 15 is 0 Å². The monoisotopic (exact) mass is 256 g/mol. The molecule has 0 saturated heterocycles. The van der Waals surface area contributed by atoms with Gasteiger partial charge < -0.3 is 10.2 Å². The van der Waals surface area contributed by atoms with Crippen molar-refractivity contribution in [2.75, 3.05) is 12.0 Å². The minimum atomic E-state index is 0.541. The summed E-state index contributed by atoms with van der Waals surface area (Å²) >= 11 is 0. The van der Waals surface area contributed by atoms with E-state index in [-0.39, 0.29) is 0 Å². The first-order valence-electron chi connectivity index (χ1n) is 6.42. The normalized spacial score (nSPS) is 10.2. The van der Waals surface area contributed by atoms with Crippen LogP contribution in [0.1, 0.15) is 17.0 Å². The summed E-state index contributed by atoms with van der Waals surface area (Å²) < 4.78 is 7.55. The van der Waals surface area contributed by atoms with Crippen molar-refractivity contribution in [2.45, 2.75) is 20.4 Å². The van der Waals surface area contributed by atoms with E-state index in [0.29, 0.717) is 6.61 Å². The number of ether oxygens (including phenoxy) is 1. The second kappa shape index (κ2) is 6.14. The van der Waals surface area contributed by atoms with Crippen LogP contribution in [0.3, 0.4) is 0 Å². The number of nitrogens with one attached hydrogen (secondary N) is 1. The van der Waals surface area contributed by atoms with Gasteiger partial charge in [0.25, 0.3) is 0 Å². The maximum Gasteiger partial charge on any atom is 0.119 e. The van der Waals surface area contributed by atoms with Crippen LogP contribution in [0.15, 0.2) is 49.1 Å². The third-order valence-corrected chi connectivity index (χ3v) is 3.00. The lowest BCUT2D eigenvalue weighted by Crippen LogP contribution is -2.16. The molecule has 0 spiro atoms. The number of benzene rings is 1. The maximum absolute atomic E-state index is 5.46. The molecule has 1 heterocycles. The Bertz CT molecular complexity index is 521. The van der Waals surface area contributed by atoms with Crippen LogP contribution in [0.4, 0.5) is 0 Å². The topological polar surface area (TPSA) is 26.2 Å². The van der Waals surface area contributed by atoms with E-state index in [0.717, 1.165) is 12.3 Å². The second-order valence-electron chi connectivity index (χ2n) is 4.53. The lowest BCUT2D eigenvalue weighted by atomic mass is 10.2. The molecule has 100 valence electrons. The van der Waals surface area contributed by atoms with Crippen molar-refractivity contribution < 1.29 is 4.74 Å². The highest BCUT2D eigenvalue weighted by Gasteiger charge is 2.00. The number of aryl methyl sites for hydroxylation is 2. The Morgan fingerprint density at radius 1 is 1.11 bits per heavy atom. The van der Waals surface area contributed by atoms with Gasteiger partial charge in [0, 0.05) is 11.4 Å². The molecular weight excluding hydrogens is 236 g/mol. The summed E-state index contributed by atoms with van der Waals surface area (Å²) in [6.07, 6.45) is 1.74. The van der Waals surface area contributed by atoms with Gasteiger partial charge in [-0.1, -0.05) is 24.8 Å². The molecule has 0 aliphatic carbocycles. The summed E-state index contributed by atoms with van der Waals surface area (Å²) in [5.74, 6) is 0.872. The third kappa shape index (κ3) is 3.41. The number of rotatable bonds is 6. The van der Waals surface area contributed by atoms with Gasteiger partial charge in [-0.05, 0) is 43.7 Å². The van der Waals surface area contributed by atoms with Crippen molar-refractivity contribution in [1.29, 1.82) is 0 Å². The van der Waals surface area contributed by atoms with Crippen molar-refractivity contribution in [3.05, 3.63) is 66.0 Å². The molecule has 2 rings (SSSR count). The van der Waals surface area contributed by atoms with Crippen molar-refractivity contribution in [3.8, 4) is 5.75 Å². The van der Waals surface area contributed by atoms with Gasteiger partial charge in [-0.25, -0.2) is 0 Å². The van der Waals surface area contributed by atoms with Gasteiger partial charge in [0.05, 0.1) is 6.54 Å². The minimum Gasteiger partial charge on any atom is -0.490 e. The molecule has 0 bridgehead atoms. The second-order valence-corrected chi connectivity index (χ2v) is 4.53. The molecule has 0 aliphatic rings. The summed E-state index contributed by atoms with van der Waals surface area (Å²) in [6.45, 7) is 9.14. The number of hydrogen-bond acceptors (Lipinski definition) is 2. The van der Waals surface area contributed by atoms with E-state index in [1.54, 1.807) is 6.08 Å². The summed E-state index contributed by atoms with van der Waals surface area (Å²) in [5.41, 5.74) is 7.04. The Kier molecular flexibility index (Phi) is 4.29. The highest BCUT2D eigenvalue weighted by atomic mass is 16.5. The van der Waals surface area contributed by atoms with Crippen LogP contribution in [-0.2, 0) is 6.54 Å². The zero-order valence-corrected chi connectivity index (χ0v) is 11.5. The zero-order chi connectivity index (χ0) is 13.7. The molecule has 0 radical (unpaired) electrons. The van der Waals surface area contributed by atoms with Crippen molar-refractivity contribution in [3.63, 3.8) is 0 Å². The van der Waals surface area contributed by atoms with E-state index in [9.17, 15) is 0 Å².